The zero-order chi connectivity index (χ0) is 10.7. The molecule has 0 spiro atoms. The molecule has 1 atom stereocenters. The van der Waals surface area contributed by atoms with Gasteiger partial charge >= 0.3 is 0 Å². The molecule has 0 radical (unpaired) electrons. The van der Waals surface area contributed by atoms with Crippen LogP contribution in [-0.4, -0.2) is 15.8 Å². The van der Waals surface area contributed by atoms with Gasteiger partial charge in [-0.2, -0.15) is 0 Å². The summed E-state index contributed by atoms with van der Waals surface area (Å²) >= 11 is 0. The van der Waals surface area contributed by atoms with E-state index in [1.807, 2.05) is 26.8 Å². The first-order chi connectivity index (χ1) is 6.50. The maximum atomic E-state index is 11.4. The molecule has 3 heteroatoms. The van der Waals surface area contributed by atoms with Gasteiger partial charge in [-0.25, -0.2) is 0 Å². The van der Waals surface area contributed by atoms with Crippen molar-refractivity contribution in [3.8, 4) is 0 Å². The van der Waals surface area contributed by atoms with E-state index in [0.29, 0.717) is 6.54 Å². The van der Waals surface area contributed by atoms with E-state index in [1.54, 1.807) is 12.3 Å². The van der Waals surface area contributed by atoms with Gasteiger partial charge in [-0.15, -0.1) is 0 Å². The van der Waals surface area contributed by atoms with Crippen LogP contribution in [0.3, 0.4) is 0 Å². The highest BCUT2D eigenvalue weighted by Gasteiger charge is 2.10. The molecular weight excluding hydrogens is 178 g/mol. The minimum absolute atomic E-state index is 0.0512. The Morgan fingerprint density at radius 2 is 2.14 bits per heavy atom. The average Bonchev–Trinajstić information content (AvgIpc) is 2.09. The number of pyridine rings is 1. The van der Waals surface area contributed by atoms with Crippen LogP contribution < -0.4 is 5.56 Å². The van der Waals surface area contributed by atoms with Crippen LogP contribution in [0.5, 0.6) is 0 Å². The van der Waals surface area contributed by atoms with E-state index >= 15 is 0 Å². The van der Waals surface area contributed by atoms with Crippen molar-refractivity contribution in [1.82, 2.24) is 4.57 Å². The van der Waals surface area contributed by atoms with Crippen LogP contribution in [0.4, 0.5) is 0 Å². The number of aryl methyl sites for hydroxylation is 1. The van der Waals surface area contributed by atoms with Gasteiger partial charge in [-0.05, 0) is 24.5 Å². The lowest BCUT2D eigenvalue weighted by Gasteiger charge is -2.15. The summed E-state index contributed by atoms with van der Waals surface area (Å²) in [6, 6.07) is 3.45. The van der Waals surface area contributed by atoms with Crippen molar-refractivity contribution >= 4 is 0 Å². The Hall–Kier alpha value is -1.09. The third-order valence-corrected chi connectivity index (χ3v) is 2.30. The Bertz CT molecular complexity index is 355. The van der Waals surface area contributed by atoms with E-state index in [9.17, 15) is 9.90 Å². The molecule has 3 nitrogen and oxygen atoms in total. The molecule has 0 saturated carbocycles. The fourth-order valence-corrected chi connectivity index (χ4v) is 1.17. The van der Waals surface area contributed by atoms with Crippen LogP contribution in [0.1, 0.15) is 19.4 Å². The van der Waals surface area contributed by atoms with Gasteiger partial charge in [0, 0.05) is 12.3 Å². The summed E-state index contributed by atoms with van der Waals surface area (Å²) in [5.41, 5.74) is 0.898. The lowest BCUT2D eigenvalue weighted by Crippen LogP contribution is -2.28. The molecule has 1 aromatic rings. The molecule has 1 aromatic heterocycles. The van der Waals surface area contributed by atoms with Gasteiger partial charge in [0.05, 0.1) is 12.6 Å². The molecule has 0 aromatic carbocycles. The lowest BCUT2D eigenvalue weighted by atomic mass is 10.1. The molecule has 0 bridgehead atoms. The topological polar surface area (TPSA) is 42.2 Å². The maximum Gasteiger partial charge on any atom is 0.250 e. The third-order valence-electron chi connectivity index (χ3n) is 2.30. The predicted molar refractivity (Wildman–Crippen MR) is 56.3 cm³/mol. The monoisotopic (exact) mass is 195 g/mol. The second-order valence-corrected chi connectivity index (χ2v) is 4.01. The van der Waals surface area contributed by atoms with Gasteiger partial charge in [0.2, 0.25) is 0 Å². The Kier molecular flexibility index (Phi) is 3.47. The summed E-state index contributed by atoms with van der Waals surface area (Å²) in [4.78, 5) is 11.4. The quantitative estimate of drug-likeness (QED) is 0.786. The van der Waals surface area contributed by atoms with Crippen LogP contribution in [0.15, 0.2) is 23.1 Å². The van der Waals surface area contributed by atoms with Gasteiger partial charge in [0.25, 0.3) is 5.56 Å². The molecule has 0 fully saturated rings. The number of hydrogen-bond acceptors (Lipinski definition) is 2. The predicted octanol–water partition coefficient (Wildman–Crippen LogP) is 1.17. The summed E-state index contributed by atoms with van der Waals surface area (Å²) in [6.45, 7) is 6.12. The first-order valence-electron chi connectivity index (χ1n) is 4.86. The minimum Gasteiger partial charge on any atom is -0.391 e. The largest absolute Gasteiger partial charge is 0.391 e. The summed E-state index contributed by atoms with van der Waals surface area (Å²) in [5, 5.41) is 9.61. The van der Waals surface area contributed by atoms with Crippen LogP contribution >= 0.6 is 0 Å². The second-order valence-electron chi connectivity index (χ2n) is 4.01. The molecule has 0 saturated heterocycles. The van der Waals surface area contributed by atoms with Crippen molar-refractivity contribution < 1.29 is 5.11 Å². The standard InChI is InChI=1S/C11H17NO2/c1-8(2)10(13)7-12-5-4-9(3)6-11(12)14/h4-6,8,10,13H,7H2,1-3H3. The number of aromatic nitrogens is 1. The number of aliphatic hydroxyl groups excluding tert-OH is 1. The first-order valence-corrected chi connectivity index (χ1v) is 4.86. The summed E-state index contributed by atoms with van der Waals surface area (Å²) in [5.74, 6) is 0.170. The lowest BCUT2D eigenvalue weighted by molar-refractivity contribution is 0.106. The normalized spacial score (nSPS) is 13.2. The molecule has 14 heavy (non-hydrogen) atoms. The highest BCUT2D eigenvalue weighted by atomic mass is 16.3. The maximum absolute atomic E-state index is 11.4. The van der Waals surface area contributed by atoms with E-state index < -0.39 is 6.10 Å². The molecule has 1 N–H and O–H groups in total. The smallest absolute Gasteiger partial charge is 0.250 e. The Morgan fingerprint density at radius 1 is 1.50 bits per heavy atom. The summed E-state index contributed by atoms with van der Waals surface area (Å²) in [7, 11) is 0. The Labute approximate surface area is 84.0 Å². The molecule has 0 amide bonds. The molecule has 78 valence electrons. The zero-order valence-corrected chi connectivity index (χ0v) is 8.90. The number of rotatable bonds is 3. The van der Waals surface area contributed by atoms with Gasteiger partial charge in [-0.3, -0.25) is 4.79 Å². The van der Waals surface area contributed by atoms with Gasteiger partial charge in [-0.1, -0.05) is 13.8 Å². The molecule has 0 aliphatic heterocycles. The van der Waals surface area contributed by atoms with E-state index in [4.69, 9.17) is 0 Å². The molecule has 0 aliphatic rings. The molecule has 0 aliphatic carbocycles. The van der Waals surface area contributed by atoms with Crippen LogP contribution in [0.25, 0.3) is 0 Å². The fraction of sp³-hybridized carbons (Fsp3) is 0.545. The molecule has 1 rings (SSSR count). The van der Waals surface area contributed by atoms with Crippen molar-refractivity contribution in [3.05, 3.63) is 34.2 Å². The van der Waals surface area contributed by atoms with Crippen LogP contribution in [0.2, 0.25) is 0 Å². The van der Waals surface area contributed by atoms with Crippen molar-refractivity contribution in [3.63, 3.8) is 0 Å². The molecule has 1 unspecified atom stereocenters. The van der Waals surface area contributed by atoms with Gasteiger partial charge in [0.15, 0.2) is 0 Å². The first kappa shape index (κ1) is 11.0. The van der Waals surface area contributed by atoms with E-state index in [2.05, 4.69) is 0 Å². The van der Waals surface area contributed by atoms with Gasteiger partial charge < -0.3 is 9.67 Å². The fourth-order valence-electron chi connectivity index (χ4n) is 1.17. The van der Waals surface area contributed by atoms with Crippen molar-refractivity contribution in [2.24, 2.45) is 5.92 Å². The molecule has 1 heterocycles. The van der Waals surface area contributed by atoms with Crippen LogP contribution in [-0.2, 0) is 6.54 Å². The molecular formula is C11H17NO2. The van der Waals surface area contributed by atoms with Crippen molar-refractivity contribution in [1.29, 1.82) is 0 Å². The number of aliphatic hydroxyl groups is 1. The second kappa shape index (κ2) is 4.42. The number of hydrogen-bond donors (Lipinski definition) is 1. The summed E-state index contributed by atoms with van der Waals surface area (Å²) < 4.78 is 1.54. The Balaban J connectivity index is 2.82. The van der Waals surface area contributed by atoms with Gasteiger partial charge in [0.1, 0.15) is 0 Å². The average molecular weight is 195 g/mol. The SMILES string of the molecule is Cc1ccn(CC(O)C(C)C)c(=O)c1. The zero-order valence-electron chi connectivity index (χ0n) is 8.90. The van der Waals surface area contributed by atoms with E-state index in [-0.39, 0.29) is 11.5 Å². The Morgan fingerprint density at radius 3 is 2.64 bits per heavy atom. The summed E-state index contributed by atoms with van der Waals surface area (Å²) in [6.07, 6.45) is 1.26. The van der Waals surface area contributed by atoms with E-state index in [0.717, 1.165) is 5.56 Å². The van der Waals surface area contributed by atoms with Crippen molar-refractivity contribution in [2.75, 3.05) is 0 Å². The number of nitrogens with zero attached hydrogens (tertiary/aromatic N) is 1. The third kappa shape index (κ3) is 2.70. The minimum atomic E-state index is -0.463. The highest BCUT2D eigenvalue weighted by molar-refractivity contribution is 5.08. The highest BCUT2D eigenvalue weighted by Crippen LogP contribution is 2.03. The van der Waals surface area contributed by atoms with Crippen molar-refractivity contribution in [2.45, 2.75) is 33.4 Å². The van der Waals surface area contributed by atoms with E-state index in [1.165, 1.54) is 4.57 Å². The van der Waals surface area contributed by atoms with Crippen LogP contribution in [0, 0.1) is 12.8 Å².